The number of hydrogen-bond donors (Lipinski definition) is 1. The average molecular weight is 185 g/mol. The molecule has 0 aromatic carbocycles. The number of alkyl halides is 3. The molecule has 0 saturated carbocycles. The van der Waals surface area contributed by atoms with Gasteiger partial charge in [-0.05, 0) is 6.08 Å². The molecule has 0 aromatic rings. The van der Waals surface area contributed by atoms with Crippen molar-refractivity contribution in [1.82, 2.24) is 5.43 Å². The van der Waals surface area contributed by atoms with Crippen molar-refractivity contribution in [2.75, 3.05) is 6.54 Å². The fraction of sp³-hybridized carbons (Fsp3) is 0.400. The molecule has 2 nitrogen and oxygen atoms in total. The van der Waals surface area contributed by atoms with Crippen LogP contribution in [0.4, 0.5) is 13.2 Å². The molecule has 11 heavy (non-hydrogen) atoms. The van der Waals surface area contributed by atoms with E-state index in [1.165, 1.54) is 0 Å². The molecule has 0 aromatic heterocycles. The first-order valence-corrected chi connectivity index (χ1v) is 3.12. The highest BCUT2D eigenvalue weighted by Crippen LogP contribution is 2.26. The van der Waals surface area contributed by atoms with Crippen LogP contribution in [0.1, 0.15) is 0 Å². The van der Waals surface area contributed by atoms with Crippen molar-refractivity contribution in [3.05, 3.63) is 11.6 Å². The Morgan fingerprint density at radius 2 is 2.18 bits per heavy atom. The molecule has 62 valence electrons. The largest absolute Gasteiger partial charge is 0.414 e. The van der Waals surface area contributed by atoms with Crippen LogP contribution in [0.15, 0.2) is 16.8 Å². The lowest BCUT2D eigenvalue weighted by atomic mass is 10.2. The van der Waals surface area contributed by atoms with Crippen LogP contribution in [0, 0.1) is 0 Å². The van der Waals surface area contributed by atoms with Gasteiger partial charge in [0.1, 0.15) is 5.17 Å². The van der Waals surface area contributed by atoms with Crippen LogP contribution >= 0.6 is 11.6 Å². The third kappa shape index (κ3) is 2.11. The molecule has 0 amide bonds. The molecule has 0 saturated heterocycles. The minimum absolute atomic E-state index is 0.177. The number of nitrogens with one attached hydrogen (secondary N) is 1. The van der Waals surface area contributed by atoms with E-state index in [1.54, 1.807) is 0 Å². The second-order valence-corrected chi connectivity index (χ2v) is 2.32. The summed E-state index contributed by atoms with van der Waals surface area (Å²) in [6.07, 6.45) is -3.51. The molecule has 1 rings (SSSR count). The average Bonchev–Trinajstić information content (AvgIpc) is 1.86. The highest BCUT2D eigenvalue weighted by molar-refractivity contribution is 6.68. The van der Waals surface area contributed by atoms with Gasteiger partial charge in [-0.15, -0.1) is 0 Å². The molecule has 0 atom stereocenters. The number of nitrogens with zero attached hydrogens (tertiary/aromatic N) is 1. The van der Waals surface area contributed by atoms with Crippen molar-refractivity contribution in [3.63, 3.8) is 0 Å². The van der Waals surface area contributed by atoms with Gasteiger partial charge in [0.2, 0.25) is 0 Å². The summed E-state index contributed by atoms with van der Waals surface area (Å²) in [4.78, 5) is 0. The van der Waals surface area contributed by atoms with Crippen molar-refractivity contribution in [2.45, 2.75) is 6.18 Å². The van der Waals surface area contributed by atoms with Crippen molar-refractivity contribution >= 4 is 16.8 Å². The molecule has 0 spiro atoms. The van der Waals surface area contributed by atoms with E-state index >= 15 is 0 Å². The number of hydrogen-bond acceptors (Lipinski definition) is 2. The van der Waals surface area contributed by atoms with Gasteiger partial charge in [-0.1, -0.05) is 11.6 Å². The Bertz CT molecular complexity index is 218. The van der Waals surface area contributed by atoms with Gasteiger partial charge in [0.25, 0.3) is 0 Å². The van der Waals surface area contributed by atoms with Gasteiger partial charge >= 0.3 is 6.18 Å². The first-order chi connectivity index (χ1) is 5.00. The van der Waals surface area contributed by atoms with Crippen molar-refractivity contribution in [1.29, 1.82) is 0 Å². The topological polar surface area (TPSA) is 24.4 Å². The van der Waals surface area contributed by atoms with Gasteiger partial charge in [0.05, 0.1) is 12.1 Å². The Balaban J connectivity index is 2.82. The van der Waals surface area contributed by atoms with Crippen LogP contribution in [0.3, 0.4) is 0 Å². The molecule has 0 bridgehead atoms. The molecular weight excluding hydrogens is 181 g/mol. The third-order valence-corrected chi connectivity index (χ3v) is 1.31. The van der Waals surface area contributed by atoms with Gasteiger partial charge in [0, 0.05) is 0 Å². The maximum absolute atomic E-state index is 11.9. The Morgan fingerprint density at radius 3 is 2.55 bits per heavy atom. The monoisotopic (exact) mass is 184 g/mol. The van der Waals surface area contributed by atoms with Crippen molar-refractivity contribution in [3.8, 4) is 0 Å². The normalized spacial score (nSPS) is 18.5. The fourth-order valence-corrected chi connectivity index (χ4v) is 0.801. The first-order valence-electron chi connectivity index (χ1n) is 2.74. The third-order valence-electron chi connectivity index (χ3n) is 1.11. The zero-order chi connectivity index (χ0) is 8.48. The van der Waals surface area contributed by atoms with Gasteiger partial charge in [-0.3, -0.25) is 0 Å². The highest BCUT2D eigenvalue weighted by Gasteiger charge is 2.34. The summed E-state index contributed by atoms with van der Waals surface area (Å²) < 4.78 is 35.7. The van der Waals surface area contributed by atoms with E-state index in [2.05, 4.69) is 10.5 Å². The van der Waals surface area contributed by atoms with E-state index < -0.39 is 11.7 Å². The lowest BCUT2D eigenvalue weighted by Gasteiger charge is -2.13. The zero-order valence-corrected chi connectivity index (χ0v) is 6.00. The maximum Gasteiger partial charge on any atom is 0.414 e. The van der Waals surface area contributed by atoms with E-state index in [0.29, 0.717) is 0 Å². The predicted molar refractivity (Wildman–Crippen MR) is 35.4 cm³/mol. The van der Waals surface area contributed by atoms with Gasteiger partial charge < -0.3 is 5.43 Å². The van der Waals surface area contributed by atoms with E-state index in [4.69, 9.17) is 11.6 Å². The summed E-state index contributed by atoms with van der Waals surface area (Å²) in [5.74, 6) is 0. The number of halogens is 4. The lowest BCUT2D eigenvalue weighted by molar-refractivity contribution is -0.0929. The molecule has 1 N–H and O–H groups in total. The molecule has 1 aliphatic heterocycles. The number of allylic oxidation sites excluding steroid dienone is 1. The van der Waals surface area contributed by atoms with Crippen LogP contribution < -0.4 is 5.43 Å². The molecule has 1 heterocycles. The van der Waals surface area contributed by atoms with Crippen molar-refractivity contribution < 1.29 is 13.2 Å². The minimum atomic E-state index is -4.32. The van der Waals surface area contributed by atoms with Crippen LogP contribution in [0.25, 0.3) is 0 Å². The molecule has 0 aliphatic carbocycles. The first kappa shape index (κ1) is 8.39. The Hall–Kier alpha value is -0.710. The van der Waals surface area contributed by atoms with Gasteiger partial charge in [-0.2, -0.15) is 18.3 Å². The van der Waals surface area contributed by atoms with Gasteiger partial charge in [0.15, 0.2) is 0 Å². The zero-order valence-electron chi connectivity index (χ0n) is 5.24. The predicted octanol–water partition coefficient (Wildman–Crippen LogP) is 1.63. The van der Waals surface area contributed by atoms with Crippen LogP contribution in [0.5, 0.6) is 0 Å². The second-order valence-electron chi connectivity index (χ2n) is 1.94. The summed E-state index contributed by atoms with van der Waals surface area (Å²) in [6, 6.07) is 0. The smallest absolute Gasteiger partial charge is 0.304 e. The molecule has 0 fully saturated rings. The van der Waals surface area contributed by atoms with E-state index in [1.807, 2.05) is 0 Å². The number of rotatable bonds is 0. The lowest BCUT2D eigenvalue weighted by Crippen LogP contribution is -2.26. The molecule has 0 radical (unpaired) electrons. The van der Waals surface area contributed by atoms with E-state index in [9.17, 15) is 13.2 Å². The number of hydrazone groups is 1. The van der Waals surface area contributed by atoms with E-state index in [0.717, 1.165) is 6.08 Å². The Kier molecular flexibility index (Phi) is 2.08. The van der Waals surface area contributed by atoms with Crippen LogP contribution in [-0.4, -0.2) is 17.9 Å². The summed E-state index contributed by atoms with van der Waals surface area (Å²) in [5, 5.41) is 3.17. The molecular formula is C5H4ClF3N2. The fourth-order valence-electron chi connectivity index (χ4n) is 0.609. The second kappa shape index (κ2) is 2.73. The molecule has 1 aliphatic rings. The minimum Gasteiger partial charge on any atom is -0.304 e. The van der Waals surface area contributed by atoms with Gasteiger partial charge in [-0.25, -0.2) is 0 Å². The maximum atomic E-state index is 11.9. The summed E-state index contributed by atoms with van der Waals surface area (Å²) in [5.41, 5.74) is 1.45. The van der Waals surface area contributed by atoms with Crippen LogP contribution in [-0.2, 0) is 0 Å². The quantitative estimate of drug-likeness (QED) is 0.608. The standard InChI is InChI=1S/C5H4ClF3N2/c6-4-1-3(2-10-11-4)5(7,8)9/h1,10H,2H2. The molecule has 6 heteroatoms. The highest BCUT2D eigenvalue weighted by atomic mass is 35.5. The molecule has 0 unspecified atom stereocenters. The van der Waals surface area contributed by atoms with Crippen LogP contribution in [0.2, 0.25) is 0 Å². The summed E-state index contributed by atoms with van der Waals surface area (Å²) in [7, 11) is 0. The van der Waals surface area contributed by atoms with E-state index in [-0.39, 0.29) is 11.7 Å². The Morgan fingerprint density at radius 1 is 1.55 bits per heavy atom. The SMILES string of the molecule is FC(F)(F)C1=CC(Cl)=NNC1. The Labute approximate surface area is 65.7 Å². The summed E-state index contributed by atoms with van der Waals surface area (Å²) in [6.45, 7) is -0.320. The van der Waals surface area contributed by atoms with Crippen molar-refractivity contribution in [2.24, 2.45) is 5.10 Å². The summed E-state index contributed by atoms with van der Waals surface area (Å²) >= 11 is 5.23.